The maximum Gasteiger partial charge on any atom is 0.303 e. The highest BCUT2D eigenvalue weighted by atomic mass is 32.2. The van der Waals surface area contributed by atoms with Gasteiger partial charge < -0.3 is 5.11 Å². The van der Waals surface area contributed by atoms with Crippen molar-refractivity contribution in [2.24, 2.45) is 5.41 Å². The molecule has 0 amide bonds. The highest BCUT2D eigenvalue weighted by Crippen LogP contribution is 2.43. The van der Waals surface area contributed by atoms with E-state index in [9.17, 15) is 13.2 Å². The molecule has 0 bridgehead atoms. The van der Waals surface area contributed by atoms with Crippen LogP contribution in [0.4, 0.5) is 0 Å². The molecule has 3 N–H and O–H groups in total. The third-order valence-electron chi connectivity index (χ3n) is 2.85. The first-order valence-corrected chi connectivity index (χ1v) is 6.27. The summed E-state index contributed by atoms with van der Waals surface area (Å²) in [5, 5.41) is 8.71. The fourth-order valence-corrected chi connectivity index (χ4v) is 2.37. The van der Waals surface area contributed by atoms with E-state index >= 15 is 0 Å². The lowest BCUT2D eigenvalue weighted by molar-refractivity contribution is -0.141. The van der Waals surface area contributed by atoms with Gasteiger partial charge in [0.15, 0.2) is 0 Å². The first kappa shape index (κ1) is 12.4. The Balaban J connectivity index is 2.51. The molecule has 0 aromatic rings. The van der Waals surface area contributed by atoms with Crippen molar-refractivity contribution >= 4 is 16.2 Å². The molecule has 0 unspecified atom stereocenters. The molecule has 0 heterocycles. The summed E-state index contributed by atoms with van der Waals surface area (Å²) in [6.07, 6.45) is 2.53. The van der Waals surface area contributed by atoms with Crippen molar-refractivity contribution in [2.75, 3.05) is 13.6 Å². The number of nitrogens with one attached hydrogen (secondary N) is 2. The summed E-state index contributed by atoms with van der Waals surface area (Å²) in [4.78, 5) is 10.6. The van der Waals surface area contributed by atoms with Crippen molar-refractivity contribution in [2.45, 2.75) is 25.7 Å². The molecule has 6 nitrogen and oxygen atoms in total. The van der Waals surface area contributed by atoms with Gasteiger partial charge in [0.05, 0.1) is 6.42 Å². The number of hydrogen-bond donors (Lipinski definition) is 3. The Kier molecular flexibility index (Phi) is 3.69. The quantitative estimate of drug-likeness (QED) is 0.589. The lowest BCUT2D eigenvalue weighted by atomic mass is 9.67. The Morgan fingerprint density at radius 3 is 2.40 bits per heavy atom. The van der Waals surface area contributed by atoms with Crippen molar-refractivity contribution in [1.29, 1.82) is 0 Å². The summed E-state index contributed by atoms with van der Waals surface area (Å²) in [5.74, 6) is -0.877. The molecule has 0 aromatic carbocycles. The lowest BCUT2D eigenvalue weighted by Crippen LogP contribution is -2.46. The van der Waals surface area contributed by atoms with Crippen molar-refractivity contribution in [3.8, 4) is 0 Å². The predicted octanol–water partition coefficient (Wildman–Crippen LogP) is -0.315. The highest BCUT2D eigenvalue weighted by molar-refractivity contribution is 7.87. The molecule has 0 atom stereocenters. The molecule has 15 heavy (non-hydrogen) atoms. The molecule has 0 radical (unpaired) electrons. The van der Waals surface area contributed by atoms with Gasteiger partial charge in [-0.3, -0.25) is 4.79 Å². The van der Waals surface area contributed by atoms with Crippen LogP contribution in [0.15, 0.2) is 0 Å². The highest BCUT2D eigenvalue weighted by Gasteiger charge is 2.39. The standard InChI is InChI=1S/C8H16N2O4S/c1-9-15(13,14)10-6-8(3-2-4-8)5-7(11)12/h9-10H,2-6H2,1H3,(H,11,12). The van der Waals surface area contributed by atoms with Crippen molar-refractivity contribution in [3.05, 3.63) is 0 Å². The van der Waals surface area contributed by atoms with Crippen LogP contribution in [0.2, 0.25) is 0 Å². The van der Waals surface area contributed by atoms with Gasteiger partial charge in [-0.2, -0.15) is 8.42 Å². The fourth-order valence-electron chi connectivity index (χ4n) is 1.73. The van der Waals surface area contributed by atoms with Gasteiger partial charge in [-0.25, -0.2) is 9.44 Å². The van der Waals surface area contributed by atoms with E-state index in [2.05, 4.69) is 9.44 Å². The molecule has 0 aromatic heterocycles. The maximum absolute atomic E-state index is 11.1. The summed E-state index contributed by atoms with van der Waals surface area (Å²) in [5.41, 5.74) is -0.379. The number of carbonyl (C=O) groups is 1. The minimum Gasteiger partial charge on any atom is -0.481 e. The Labute approximate surface area is 89.2 Å². The van der Waals surface area contributed by atoms with Crippen LogP contribution in [-0.2, 0) is 15.0 Å². The molecule has 0 saturated heterocycles. The van der Waals surface area contributed by atoms with Gasteiger partial charge in [-0.05, 0) is 18.3 Å². The first-order chi connectivity index (χ1) is 6.89. The van der Waals surface area contributed by atoms with Crippen molar-refractivity contribution in [1.82, 2.24) is 9.44 Å². The van der Waals surface area contributed by atoms with Gasteiger partial charge in [0, 0.05) is 13.6 Å². The van der Waals surface area contributed by atoms with E-state index in [-0.39, 0.29) is 18.4 Å². The molecule has 1 aliphatic rings. The second kappa shape index (κ2) is 4.46. The molecule has 1 aliphatic carbocycles. The second-order valence-electron chi connectivity index (χ2n) is 3.95. The summed E-state index contributed by atoms with van der Waals surface area (Å²) in [7, 11) is -2.15. The third-order valence-corrected chi connectivity index (χ3v) is 3.91. The minimum absolute atomic E-state index is 0.0270. The molecule has 1 fully saturated rings. The van der Waals surface area contributed by atoms with Crippen LogP contribution >= 0.6 is 0 Å². The largest absolute Gasteiger partial charge is 0.481 e. The number of carboxylic acid groups (broad SMARTS) is 1. The average molecular weight is 236 g/mol. The minimum atomic E-state index is -3.46. The fraction of sp³-hybridized carbons (Fsp3) is 0.875. The van der Waals surface area contributed by atoms with Gasteiger partial charge in [0.25, 0.3) is 10.2 Å². The summed E-state index contributed by atoms with van der Waals surface area (Å²) in [6, 6.07) is 0. The molecular weight excluding hydrogens is 220 g/mol. The molecule has 0 spiro atoms. The monoisotopic (exact) mass is 236 g/mol. The lowest BCUT2D eigenvalue weighted by Gasteiger charge is -2.40. The number of aliphatic carboxylic acids is 1. The van der Waals surface area contributed by atoms with Gasteiger partial charge in [0.1, 0.15) is 0 Å². The molecule has 1 saturated carbocycles. The van der Waals surface area contributed by atoms with Crippen LogP contribution in [0.5, 0.6) is 0 Å². The van der Waals surface area contributed by atoms with Crippen LogP contribution in [-0.4, -0.2) is 33.1 Å². The van der Waals surface area contributed by atoms with Gasteiger partial charge in [-0.1, -0.05) is 6.42 Å². The SMILES string of the molecule is CNS(=O)(=O)NCC1(CC(=O)O)CCC1. The number of rotatable bonds is 6. The van der Waals surface area contributed by atoms with Crippen molar-refractivity contribution < 1.29 is 18.3 Å². The van der Waals surface area contributed by atoms with Crippen LogP contribution in [0, 0.1) is 5.41 Å². The normalized spacial score (nSPS) is 19.5. The summed E-state index contributed by atoms with van der Waals surface area (Å²) >= 11 is 0. The molecular formula is C8H16N2O4S. The Bertz CT molecular complexity index is 335. The van der Waals surface area contributed by atoms with E-state index in [4.69, 9.17) is 5.11 Å². The Morgan fingerprint density at radius 2 is 2.07 bits per heavy atom. The Morgan fingerprint density at radius 1 is 1.47 bits per heavy atom. The molecule has 0 aliphatic heterocycles. The second-order valence-corrected chi connectivity index (χ2v) is 5.66. The zero-order valence-electron chi connectivity index (χ0n) is 8.62. The molecule has 1 rings (SSSR count). The summed E-state index contributed by atoms with van der Waals surface area (Å²) < 4.78 is 26.7. The number of hydrogen-bond acceptors (Lipinski definition) is 3. The summed E-state index contributed by atoms with van der Waals surface area (Å²) in [6.45, 7) is 0.197. The maximum atomic E-state index is 11.1. The third kappa shape index (κ3) is 3.44. The first-order valence-electron chi connectivity index (χ1n) is 4.79. The van der Waals surface area contributed by atoms with E-state index in [0.29, 0.717) is 0 Å². The zero-order valence-corrected chi connectivity index (χ0v) is 9.43. The van der Waals surface area contributed by atoms with E-state index < -0.39 is 16.2 Å². The average Bonchev–Trinajstić information content (AvgIpc) is 2.09. The van der Waals surface area contributed by atoms with E-state index in [1.165, 1.54) is 7.05 Å². The van der Waals surface area contributed by atoms with Crippen LogP contribution in [0.25, 0.3) is 0 Å². The van der Waals surface area contributed by atoms with Crippen LogP contribution < -0.4 is 9.44 Å². The van der Waals surface area contributed by atoms with Crippen molar-refractivity contribution in [3.63, 3.8) is 0 Å². The zero-order chi connectivity index (χ0) is 11.5. The smallest absolute Gasteiger partial charge is 0.303 e. The molecule has 7 heteroatoms. The number of carboxylic acids is 1. The van der Waals surface area contributed by atoms with E-state index in [0.717, 1.165) is 19.3 Å². The van der Waals surface area contributed by atoms with E-state index in [1.807, 2.05) is 0 Å². The molecule has 88 valence electrons. The van der Waals surface area contributed by atoms with Gasteiger partial charge >= 0.3 is 5.97 Å². The van der Waals surface area contributed by atoms with Crippen LogP contribution in [0.3, 0.4) is 0 Å². The van der Waals surface area contributed by atoms with E-state index in [1.54, 1.807) is 0 Å². The topological polar surface area (TPSA) is 95.5 Å². The predicted molar refractivity (Wildman–Crippen MR) is 54.5 cm³/mol. The Hall–Kier alpha value is -0.660. The van der Waals surface area contributed by atoms with Gasteiger partial charge in [-0.15, -0.1) is 0 Å². The van der Waals surface area contributed by atoms with Gasteiger partial charge in [0.2, 0.25) is 0 Å². The van der Waals surface area contributed by atoms with Crippen LogP contribution in [0.1, 0.15) is 25.7 Å².